The van der Waals surface area contributed by atoms with Gasteiger partial charge in [-0.25, -0.2) is 0 Å². The highest BCUT2D eigenvalue weighted by Gasteiger charge is 2.21. The third kappa shape index (κ3) is 4.79. The molecular weight excluding hydrogens is 144 g/mol. The van der Waals surface area contributed by atoms with Crippen molar-refractivity contribution in [3.63, 3.8) is 0 Å². The predicted molar refractivity (Wildman–Crippen MR) is 56.9 cm³/mol. The summed E-state index contributed by atoms with van der Waals surface area (Å²) >= 11 is 0. The minimum atomic E-state index is 0.239. The summed E-state index contributed by atoms with van der Waals surface area (Å²) in [7, 11) is 0. The molecule has 0 heterocycles. The Morgan fingerprint density at radius 3 is 1.75 bits per heavy atom. The van der Waals surface area contributed by atoms with Gasteiger partial charge in [-0.15, -0.1) is 0 Å². The lowest BCUT2D eigenvalue weighted by Gasteiger charge is -2.29. The second-order valence-corrected chi connectivity index (χ2v) is 5.45. The molecule has 0 spiro atoms. The topological polar surface area (TPSA) is 0 Å². The molecule has 0 aromatic rings. The zero-order chi connectivity index (χ0) is 9.94. The van der Waals surface area contributed by atoms with Crippen LogP contribution in [0.1, 0.15) is 48.0 Å². The fourth-order valence-corrected chi connectivity index (χ4v) is 1.71. The maximum Gasteiger partial charge on any atom is -0.0351 e. The molecule has 0 nitrogen and oxygen atoms in total. The summed E-state index contributed by atoms with van der Waals surface area (Å²) in [5.41, 5.74) is 0.239. The largest absolute Gasteiger partial charge is 0.0625 e. The third-order valence-electron chi connectivity index (χ3n) is 2.82. The molecule has 1 radical (unpaired) electrons. The van der Waals surface area contributed by atoms with E-state index in [1.807, 2.05) is 0 Å². The Labute approximate surface area is 78.8 Å². The van der Waals surface area contributed by atoms with Crippen LogP contribution < -0.4 is 0 Å². The molecule has 2 unspecified atom stereocenters. The second kappa shape index (κ2) is 4.30. The molecule has 0 saturated heterocycles. The van der Waals surface area contributed by atoms with E-state index in [9.17, 15) is 0 Å². The molecule has 0 aromatic carbocycles. The van der Waals surface area contributed by atoms with Gasteiger partial charge in [-0.3, -0.25) is 0 Å². The van der Waals surface area contributed by atoms with Gasteiger partial charge in [-0.2, -0.15) is 0 Å². The molecule has 0 bridgehead atoms. The van der Waals surface area contributed by atoms with E-state index in [1.54, 1.807) is 0 Å². The maximum atomic E-state index is 4.15. The zero-order valence-corrected chi connectivity index (χ0v) is 9.65. The Bertz CT molecular complexity index is 116. The summed E-state index contributed by atoms with van der Waals surface area (Å²) in [5, 5.41) is 0. The fourth-order valence-electron chi connectivity index (χ4n) is 1.71. The monoisotopic (exact) mass is 169 g/mol. The van der Waals surface area contributed by atoms with Gasteiger partial charge in [0.1, 0.15) is 0 Å². The second-order valence-electron chi connectivity index (χ2n) is 5.45. The van der Waals surface area contributed by atoms with Crippen LogP contribution in [-0.2, 0) is 0 Å². The molecule has 0 saturated carbocycles. The summed E-state index contributed by atoms with van der Waals surface area (Å²) in [6.45, 7) is 17.9. The average Bonchev–Trinajstić information content (AvgIpc) is 1.82. The molecule has 0 amide bonds. The van der Waals surface area contributed by atoms with Gasteiger partial charge < -0.3 is 0 Å². The predicted octanol–water partition coefficient (Wildman–Crippen LogP) is 4.16. The quantitative estimate of drug-likeness (QED) is 0.592. The van der Waals surface area contributed by atoms with Crippen molar-refractivity contribution >= 4 is 0 Å². The van der Waals surface area contributed by atoms with Crippen LogP contribution in [0.2, 0.25) is 0 Å². The maximum absolute atomic E-state index is 4.15. The molecule has 12 heavy (non-hydrogen) atoms. The lowest BCUT2D eigenvalue weighted by molar-refractivity contribution is 0.227. The van der Waals surface area contributed by atoms with Gasteiger partial charge in [0, 0.05) is 0 Å². The van der Waals surface area contributed by atoms with Crippen molar-refractivity contribution in [3.8, 4) is 0 Å². The SMILES string of the molecule is [CH2]C(C)(C)CC(C)C(C)C(C)C. The minimum Gasteiger partial charge on any atom is -0.0625 e. The van der Waals surface area contributed by atoms with Crippen molar-refractivity contribution in [2.24, 2.45) is 23.2 Å². The zero-order valence-electron chi connectivity index (χ0n) is 9.65. The van der Waals surface area contributed by atoms with Gasteiger partial charge in [0.15, 0.2) is 0 Å². The molecule has 0 aromatic heterocycles. The molecule has 0 aliphatic heterocycles. The van der Waals surface area contributed by atoms with Crippen LogP contribution in [0.4, 0.5) is 0 Å². The van der Waals surface area contributed by atoms with E-state index in [-0.39, 0.29) is 5.41 Å². The van der Waals surface area contributed by atoms with Crippen molar-refractivity contribution in [2.75, 3.05) is 0 Å². The molecule has 0 N–H and O–H groups in total. The van der Waals surface area contributed by atoms with Crippen molar-refractivity contribution in [3.05, 3.63) is 6.92 Å². The Kier molecular flexibility index (Phi) is 4.30. The highest BCUT2D eigenvalue weighted by molar-refractivity contribution is 4.76. The summed E-state index contributed by atoms with van der Waals surface area (Å²) < 4.78 is 0. The highest BCUT2D eigenvalue weighted by atomic mass is 14.3. The Morgan fingerprint density at radius 2 is 1.50 bits per heavy atom. The van der Waals surface area contributed by atoms with E-state index in [0.29, 0.717) is 0 Å². The normalized spacial score (nSPS) is 18.0. The van der Waals surface area contributed by atoms with E-state index in [2.05, 4.69) is 48.5 Å². The Hall–Kier alpha value is 0. The van der Waals surface area contributed by atoms with E-state index < -0.39 is 0 Å². The summed E-state index contributed by atoms with van der Waals surface area (Å²) in [6.07, 6.45) is 1.23. The molecule has 0 heteroatoms. The number of hydrogen-bond donors (Lipinski definition) is 0. The lowest BCUT2D eigenvalue weighted by atomic mass is 9.76. The van der Waals surface area contributed by atoms with Gasteiger partial charge in [0.25, 0.3) is 0 Å². The van der Waals surface area contributed by atoms with Gasteiger partial charge in [0.2, 0.25) is 0 Å². The van der Waals surface area contributed by atoms with Crippen molar-refractivity contribution in [2.45, 2.75) is 48.0 Å². The molecular formula is C12H25. The number of rotatable bonds is 4. The summed E-state index contributed by atoms with van der Waals surface area (Å²) in [6, 6.07) is 0. The molecule has 0 rings (SSSR count). The van der Waals surface area contributed by atoms with Crippen LogP contribution in [0.3, 0.4) is 0 Å². The standard InChI is InChI=1S/C12H25/c1-9(2)11(4)10(3)8-12(5,6)7/h9-11H,5,8H2,1-4,6-7H3. The van der Waals surface area contributed by atoms with E-state index >= 15 is 0 Å². The first-order valence-electron chi connectivity index (χ1n) is 5.09. The van der Waals surface area contributed by atoms with Gasteiger partial charge in [-0.1, -0.05) is 41.5 Å². The first-order valence-corrected chi connectivity index (χ1v) is 5.09. The molecule has 2 atom stereocenters. The van der Waals surface area contributed by atoms with Gasteiger partial charge >= 0.3 is 0 Å². The van der Waals surface area contributed by atoms with Crippen LogP contribution in [0.15, 0.2) is 0 Å². The first-order chi connectivity index (χ1) is 5.24. The Balaban J connectivity index is 3.95. The summed E-state index contributed by atoms with van der Waals surface area (Å²) in [4.78, 5) is 0. The molecule has 0 aliphatic carbocycles. The fraction of sp³-hybridized carbons (Fsp3) is 0.917. The van der Waals surface area contributed by atoms with E-state index in [1.165, 1.54) is 6.42 Å². The first kappa shape index (κ1) is 12.0. The summed E-state index contributed by atoms with van der Waals surface area (Å²) in [5.74, 6) is 2.39. The smallest absolute Gasteiger partial charge is 0.0351 e. The van der Waals surface area contributed by atoms with Crippen molar-refractivity contribution in [1.82, 2.24) is 0 Å². The van der Waals surface area contributed by atoms with Crippen molar-refractivity contribution < 1.29 is 0 Å². The number of hydrogen-bond acceptors (Lipinski definition) is 0. The highest BCUT2D eigenvalue weighted by Crippen LogP contribution is 2.31. The van der Waals surface area contributed by atoms with Crippen LogP contribution in [0.25, 0.3) is 0 Å². The minimum absolute atomic E-state index is 0.239. The van der Waals surface area contributed by atoms with Crippen LogP contribution >= 0.6 is 0 Å². The molecule has 73 valence electrons. The van der Waals surface area contributed by atoms with Crippen molar-refractivity contribution in [1.29, 1.82) is 0 Å². The van der Waals surface area contributed by atoms with Crippen LogP contribution in [0.5, 0.6) is 0 Å². The van der Waals surface area contributed by atoms with E-state index in [4.69, 9.17) is 0 Å². The van der Waals surface area contributed by atoms with E-state index in [0.717, 1.165) is 17.8 Å². The molecule has 0 fully saturated rings. The average molecular weight is 169 g/mol. The molecule has 0 aliphatic rings. The van der Waals surface area contributed by atoms with Crippen LogP contribution in [0, 0.1) is 30.1 Å². The van der Waals surface area contributed by atoms with Gasteiger partial charge in [-0.05, 0) is 36.5 Å². The lowest BCUT2D eigenvalue weighted by Crippen LogP contribution is -2.20. The third-order valence-corrected chi connectivity index (χ3v) is 2.82. The van der Waals surface area contributed by atoms with Crippen LogP contribution in [-0.4, -0.2) is 0 Å². The van der Waals surface area contributed by atoms with Gasteiger partial charge in [0.05, 0.1) is 0 Å². The Morgan fingerprint density at radius 1 is 1.08 bits per heavy atom.